The predicted octanol–water partition coefficient (Wildman–Crippen LogP) is 3.95. The topological polar surface area (TPSA) is 85.4 Å². The van der Waals surface area contributed by atoms with E-state index >= 15 is 0 Å². The maximum atomic E-state index is 13.7. The molecule has 1 aromatic heterocycles. The van der Waals surface area contributed by atoms with E-state index in [0.717, 1.165) is 5.56 Å². The molecule has 150 valence electrons. The molecule has 4 rings (SSSR count). The Morgan fingerprint density at radius 1 is 1.24 bits per heavy atom. The average molecular weight is 433 g/mol. The number of hydrogen-bond donors (Lipinski definition) is 2. The first kappa shape index (κ1) is 19.5. The van der Waals surface area contributed by atoms with Crippen LogP contribution in [0.15, 0.2) is 46.8 Å². The number of hydrogen-bond acceptors (Lipinski definition) is 8. The van der Waals surface area contributed by atoms with Crippen molar-refractivity contribution in [2.24, 2.45) is 0 Å². The van der Waals surface area contributed by atoms with Gasteiger partial charge in [-0.3, -0.25) is 4.79 Å². The lowest BCUT2D eigenvalue weighted by Gasteiger charge is -2.10. The summed E-state index contributed by atoms with van der Waals surface area (Å²) in [5.41, 5.74) is 1.25. The summed E-state index contributed by atoms with van der Waals surface area (Å²) in [7, 11) is 0. The molecule has 1 unspecified atom stereocenters. The van der Waals surface area contributed by atoms with Gasteiger partial charge in [-0.05, 0) is 36.8 Å². The van der Waals surface area contributed by atoms with E-state index in [2.05, 4.69) is 20.8 Å². The van der Waals surface area contributed by atoms with Gasteiger partial charge in [-0.15, -0.1) is 10.2 Å². The number of rotatable bonds is 7. The van der Waals surface area contributed by atoms with Gasteiger partial charge in [0.05, 0.1) is 10.9 Å². The molecule has 10 heteroatoms. The Hall–Kier alpha value is -2.85. The number of nitrogens with zero attached hydrogens (tertiary/aromatic N) is 2. The number of amides is 1. The van der Waals surface area contributed by atoms with Crippen molar-refractivity contribution in [1.82, 2.24) is 15.5 Å². The molecule has 0 fully saturated rings. The van der Waals surface area contributed by atoms with Crippen LogP contribution >= 0.6 is 23.1 Å². The van der Waals surface area contributed by atoms with Crippen molar-refractivity contribution in [3.05, 3.63) is 53.8 Å². The smallest absolute Gasteiger partial charge is 0.233 e. The van der Waals surface area contributed by atoms with Crippen LogP contribution in [0.1, 0.15) is 12.5 Å². The van der Waals surface area contributed by atoms with Gasteiger partial charge in [0.15, 0.2) is 15.8 Å². The van der Waals surface area contributed by atoms with Crippen molar-refractivity contribution >= 4 is 39.8 Å². The number of thioether (sulfide) groups is 1. The van der Waals surface area contributed by atoms with Crippen LogP contribution in [-0.2, 0) is 11.3 Å². The van der Waals surface area contributed by atoms with Crippen molar-refractivity contribution < 1.29 is 18.7 Å². The van der Waals surface area contributed by atoms with Gasteiger partial charge < -0.3 is 20.1 Å². The van der Waals surface area contributed by atoms with Crippen molar-refractivity contribution in [3.8, 4) is 11.5 Å². The summed E-state index contributed by atoms with van der Waals surface area (Å²) in [6.45, 7) is 2.40. The third-order valence-corrected chi connectivity index (χ3v) is 6.10. The molecule has 0 radical (unpaired) electrons. The molecule has 0 saturated carbocycles. The Balaban J connectivity index is 1.30. The van der Waals surface area contributed by atoms with Crippen LogP contribution in [0.4, 0.5) is 15.2 Å². The number of halogens is 1. The third kappa shape index (κ3) is 4.77. The lowest BCUT2D eigenvalue weighted by Crippen LogP contribution is -2.30. The van der Waals surface area contributed by atoms with E-state index in [9.17, 15) is 9.18 Å². The van der Waals surface area contributed by atoms with Crippen molar-refractivity contribution in [2.75, 3.05) is 12.1 Å². The molecule has 1 aliphatic rings. The highest BCUT2D eigenvalue weighted by Crippen LogP contribution is 2.33. The van der Waals surface area contributed by atoms with Crippen molar-refractivity contribution in [3.63, 3.8) is 0 Å². The van der Waals surface area contributed by atoms with Crippen LogP contribution in [0, 0.1) is 5.82 Å². The molecular weight excluding hydrogens is 415 g/mol. The first-order valence-electron chi connectivity index (χ1n) is 8.76. The van der Waals surface area contributed by atoms with Crippen LogP contribution in [0.2, 0.25) is 0 Å². The zero-order chi connectivity index (χ0) is 20.2. The summed E-state index contributed by atoms with van der Waals surface area (Å²) in [6.07, 6.45) is 0. The molecule has 1 atom stereocenters. The maximum absolute atomic E-state index is 13.7. The van der Waals surface area contributed by atoms with E-state index in [4.69, 9.17) is 9.47 Å². The number of carbonyl (C=O) groups excluding carboxylic acids is 1. The quantitative estimate of drug-likeness (QED) is 0.547. The lowest BCUT2D eigenvalue weighted by molar-refractivity contribution is -0.120. The second-order valence-corrected chi connectivity index (χ2v) is 8.71. The summed E-state index contributed by atoms with van der Waals surface area (Å²) >= 11 is 2.56. The van der Waals surface area contributed by atoms with E-state index in [1.54, 1.807) is 25.1 Å². The molecule has 0 bridgehead atoms. The van der Waals surface area contributed by atoms with Gasteiger partial charge >= 0.3 is 0 Å². The highest BCUT2D eigenvalue weighted by atomic mass is 32.2. The number of ether oxygens (including phenoxy) is 2. The highest BCUT2D eigenvalue weighted by molar-refractivity contribution is 8.02. The van der Waals surface area contributed by atoms with Gasteiger partial charge in [-0.1, -0.05) is 41.3 Å². The number of nitrogens with one attached hydrogen (secondary N) is 2. The molecule has 29 heavy (non-hydrogen) atoms. The van der Waals surface area contributed by atoms with E-state index in [0.29, 0.717) is 33.2 Å². The number of para-hydroxylation sites is 1. The fraction of sp³-hybridized carbons (Fsp3) is 0.211. The molecular formula is C19H17FN4O3S2. The summed E-state index contributed by atoms with van der Waals surface area (Å²) in [5, 5.41) is 14.0. The number of fused-ring (bicyclic) bond motifs is 1. The van der Waals surface area contributed by atoms with Crippen LogP contribution < -0.4 is 20.1 Å². The van der Waals surface area contributed by atoms with Crippen molar-refractivity contribution in [1.29, 1.82) is 0 Å². The minimum absolute atomic E-state index is 0.119. The SMILES string of the molecule is CC(Sc1nnc(Nc2ccccc2F)s1)C(=O)NCc1ccc2c(c1)OCO2. The van der Waals surface area contributed by atoms with Gasteiger partial charge in [0.1, 0.15) is 5.82 Å². The summed E-state index contributed by atoms with van der Waals surface area (Å²) in [5.74, 6) is 0.905. The summed E-state index contributed by atoms with van der Waals surface area (Å²) in [6, 6.07) is 11.9. The molecule has 1 aliphatic heterocycles. The minimum Gasteiger partial charge on any atom is -0.454 e. The molecule has 1 amide bonds. The van der Waals surface area contributed by atoms with Gasteiger partial charge in [0.2, 0.25) is 17.8 Å². The lowest BCUT2D eigenvalue weighted by atomic mass is 10.2. The Morgan fingerprint density at radius 3 is 2.93 bits per heavy atom. The normalized spacial score (nSPS) is 13.2. The number of carbonyl (C=O) groups is 1. The zero-order valence-electron chi connectivity index (χ0n) is 15.3. The molecule has 0 saturated heterocycles. The van der Waals surface area contributed by atoms with Crippen LogP contribution in [0.3, 0.4) is 0 Å². The average Bonchev–Trinajstić information content (AvgIpc) is 3.36. The molecule has 0 spiro atoms. The first-order chi connectivity index (χ1) is 14.1. The number of anilines is 2. The van der Waals surface area contributed by atoms with E-state index in [-0.39, 0.29) is 23.8 Å². The van der Waals surface area contributed by atoms with Gasteiger partial charge in [-0.2, -0.15) is 0 Å². The zero-order valence-corrected chi connectivity index (χ0v) is 17.0. The second kappa shape index (κ2) is 8.66. The van der Waals surface area contributed by atoms with E-state index < -0.39 is 0 Å². The number of benzene rings is 2. The second-order valence-electron chi connectivity index (χ2n) is 6.14. The molecule has 2 heterocycles. The number of aromatic nitrogens is 2. The Labute approximate surface area is 174 Å². The fourth-order valence-corrected chi connectivity index (χ4v) is 4.51. The van der Waals surface area contributed by atoms with Crippen LogP contribution in [0.5, 0.6) is 11.5 Å². The largest absolute Gasteiger partial charge is 0.454 e. The highest BCUT2D eigenvalue weighted by Gasteiger charge is 2.18. The van der Waals surface area contributed by atoms with Gasteiger partial charge in [0.25, 0.3) is 0 Å². The molecule has 2 aromatic carbocycles. The van der Waals surface area contributed by atoms with E-state index in [1.165, 1.54) is 29.2 Å². The van der Waals surface area contributed by atoms with E-state index in [1.807, 2.05) is 18.2 Å². The fourth-order valence-electron chi connectivity index (χ4n) is 2.57. The Kier molecular flexibility index (Phi) is 5.81. The standard InChI is InChI=1S/C19H17FN4O3S2/c1-11(17(25)21-9-12-6-7-15-16(8-12)27-10-26-15)28-19-24-23-18(29-19)22-14-5-3-2-4-13(14)20/h2-8,11H,9-10H2,1H3,(H,21,25)(H,22,23). The van der Waals surface area contributed by atoms with Crippen LogP contribution in [-0.4, -0.2) is 28.1 Å². The van der Waals surface area contributed by atoms with Gasteiger partial charge in [-0.25, -0.2) is 4.39 Å². The van der Waals surface area contributed by atoms with Crippen LogP contribution in [0.25, 0.3) is 0 Å². The Morgan fingerprint density at radius 2 is 2.07 bits per heavy atom. The maximum Gasteiger partial charge on any atom is 0.233 e. The predicted molar refractivity (Wildman–Crippen MR) is 109 cm³/mol. The molecule has 0 aliphatic carbocycles. The summed E-state index contributed by atoms with van der Waals surface area (Å²) in [4.78, 5) is 12.4. The monoisotopic (exact) mass is 432 g/mol. The Bertz CT molecular complexity index is 1030. The molecule has 2 N–H and O–H groups in total. The van der Waals surface area contributed by atoms with Gasteiger partial charge in [0, 0.05) is 6.54 Å². The minimum atomic E-state index is -0.367. The third-order valence-electron chi connectivity index (χ3n) is 4.07. The first-order valence-corrected chi connectivity index (χ1v) is 10.5. The molecule has 3 aromatic rings. The van der Waals surface area contributed by atoms with Crippen molar-refractivity contribution in [2.45, 2.75) is 23.1 Å². The molecule has 7 nitrogen and oxygen atoms in total. The summed E-state index contributed by atoms with van der Waals surface area (Å²) < 4.78 is 25.0.